The highest BCUT2D eigenvalue weighted by Gasteiger charge is 2.11. The summed E-state index contributed by atoms with van der Waals surface area (Å²) in [5.41, 5.74) is 4.35. The molecule has 5 heteroatoms. The van der Waals surface area contributed by atoms with Crippen molar-refractivity contribution in [2.45, 2.75) is 0 Å². The number of carbonyl (C=O) groups is 1. The van der Waals surface area contributed by atoms with E-state index < -0.39 is 0 Å². The fraction of sp³-hybridized carbons (Fsp3) is 0. The summed E-state index contributed by atoms with van der Waals surface area (Å²) in [6.45, 7) is 0. The van der Waals surface area contributed by atoms with Crippen molar-refractivity contribution in [1.82, 2.24) is 4.98 Å². The van der Waals surface area contributed by atoms with Gasteiger partial charge < -0.3 is 5.32 Å². The molecule has 1 heterocycles. The number of amides is 1. The maximum atomic E-state index is 12.8. The van der Waals surface area contributed by atoms with Gasteiger partial charge in [0.25, 0.3) is 5.91 Å². The van der Waals surface area contributed by atoms with E-state index in [0.717, 1.165) is 38.3 Å². The highest BCUT2D eigenvalue weighted by atomic mass is 35.5. The fourth-order valence-corrected chi connectivity index (χ4v) is 4.44. The first kappa shape index (κ1) is 19.5. The second-order valence-electron chi connectivity index (χ2n) is 7.10. The van der Waals surface area contributed by atoms with E-state index in [0.29, 0.717) is 10.6 Å². The molecule has 1 amide bonds. The highest BCUT2D eigenvalue weighted by Crippen LogP contribution is 2.30. The number of nitrogens with zero attached hydrogens (tertiary/aromatic N) is 1. The maximum Gasteiger partial charge on any atom is 0.256 e. The number of halogens is 1. The number of carbonyl (C=O) groups excluding carboxylic acids is 1. The average Bonchev–Trinajstić information content (AvgIpc) is 3.30. The van der Waals surface area contributed by atoms with Crippen molar-refractivity contribution in [2.75, 3.05) is 5.32 Å². The van der Waals surface area contributed by atoms with Crippen LogP contribution in [0.15, 0.2) is 96.4 Å². The van der Waals surface area contributed by atoms with Crippen LogP contribution in [0.1, 0.15) is 10.4 Å². The molecule has 0 aliphatic rings. The third-order valence-electron chi connectivity index (χ3n) is 5.07. The van der Waals surface area contributed by atoms with Crippen LogP contribution in [0.3, 0.4) is 0 Å². The van der Waals surface area contributed by atoms with Crippen molar-refractivity contribution < 1.29 is 4.79 Å². The quantitative estimate of drug-likeness (QED) is 0.313. The van der Waals surface area contributed by atoms with Gasteiger partial charge in [-0.05, 0) is 41.1 Å². The molecule has 0 aliphatic carbocycles. The molecule has 0 radical (unpaired) electrons. The van der Waals surface area contributed by atoms with E-state index in [1.165, 1.54) is 0 Å². The molecular formula is C26H17ClN2OS. The Balaban J connectivity index is 1.34. The van der Waals surface area contributed by atoms with Crippen molar-refractivity contribution in [3.05, 3.63) is 107 Å². The molecule has 1 aromatic heterocycles. The number of nitrogens with one attached hydrogen (secondary N) is 1. The van der Waals surface area contributed by atoms with Crippen LogP contribution in [0.4, 0.5) is 5.69 Å². The van der Waals surface area contributed by atoms with Crippen LogP contribution >= 0.6 is 22.9 Å². The molecule has 5 aromatic rings. The molecule has 0 fully saturated rings. The van der Waals surface area contributed by atoms with Crippen LogP contribution in [0.2, 0.25) is 5.02 Å². The van der Waals surface area contributed by atoms with Gasteiger partial charge in [-0.15, -0.1) is 11.3 Å². The minimum absolute atomic E-state index is 0.122. The van der Waals surface area contributed by atoms with Crippen molar-refractivity contribution >= 4 is 45.3 Å². The van der Waals surface area contributed by atoms with E-state index in [1.807, 2.05) is 96.4 Å². The number of hydrogen-bond donors (Lipinski definition) is 1. The van der Waals surface area contributed by atoms with E-state index >= 15 is 0 Å². The topological polar surface area (TPSA) is 42.0 Å². The summed E-state index contributed by atoms with van der Waals surface area (Å²) >= 11 is 7.56. The molecule has 0 atom stereocenters. The largest absolute Gasteiger partial charge is 0.322 e. The lowest BCUT2D eigenvalue weighted by Gasteiger charge is -2.08. The van der Waals surface area contributed by atoms with Crippen LogP contribution in [0.5, 0.6) is 0 Å². The zero-order valence-electron chi connectivity index (χ0n) is 16.4. The van der Waals surface area contributed by atoms with Crippen molar-refractivity contribution in [3.8, 4) is 21.8 Å². The number of thiazole rings is 1. The van der Waals surface area contributed by atoms with Gasteiger partial charge in [0.2, 0.25) is 0 Å². The standard InChI is InChI=1S/C26H17ClN2OS/c27-20-12-8-19(9-13-20)26-29-24(16-31-26)18-10-14-21(15-11-18)28-25(30)23-7-3-5-17-4-1-2-6-22(17)23/h1-16H,(H,28,30). The van der Waals surface area contributed by atoms with Gasteiger partial charge in [-0.2, -0.15) is 0 Å². The molecule has 0 aliphatic heterocycles. The van der Waals surface area contributed by atoms with Gasteiger partial charge in [-0.1, -0.05) is 72.3 Å². The summed E-state index contributed by atoms with van der Waals surface area (Å²) in [7, 11) is 0. The van der Waals surface area contributed by atoms with Crippen molar-refractivity contribution in [1.29, 1.82) is 0 Å². The first-order chi connectivity index (χ1) is 15.2. The zero-order chi connectivity index (χ0) is 21.2. The molecule has 31 heavy (non-hydrogen) atoms. The fourth-order valence-electron chi connectivity index (χ4n) is 3.48. The Morgan fingerprint density at radius 1 is 0.806 bits per heavy atom. The Morgan fingerprint density at radius 2 is 1.52 bits per heavy atom. The minimum Gasteiger partial charge on any atom is -0.322 e. The van der Waals surface area contributed by atoms with Crippen LogP contribution in [0.25, 0.3) is 32.6 Å². The van der Waals surface area contributed by atoms with Gasteiger partial charge in [0.1, 0.15) is 5.01 Å². The van der Waals surface area contributed by atoms with E-state index in [2.05, 4.69) is 5.32 Å². The van der Waals surface area contributed by atoms with Gasteiger partial charge in [-0.3, -0.25) is 4.79 Å². The molecule has 3 nitrogen and oxygen atoms in total. The summed E-state index contributed by atoms with van der Waals surface area (Å²) in [4.78, 5) is 17.6. The summed E-state index contributed by atoms with van der Waals surface area (Å²) in [5.74, 6) is -0.122. The normalized spacial score (nSPS) is 10.9. The lowest BCUT2D eigenvalue weighted by molar-refractivity contribution is 0.102. The molecule has 0 spiro atoms. The average molecular weight is 441 g/mol. The predicted octanol–water partition coefficient (Wildman–Crippen LogP) is 7.54. The van der Waals surface area contributed by atoms with E-state index in [9.17, 15) is 4.79 Å². The van der Waals surface area contributed by atoms with Gasteiger partial charge in [0.15, 0.2) is 0 Å². The molecule has 0 unspecified atom stereocenters. The molecular weight excluding hydrogens is 424 g/mol. The van der Waals surface area contributed by atoms with E-state index in [-0.39, 0.29) is 5.91 Å². The smallest absolute Gasteiger partial charge is 0.256 e. The summed E-state index contributed by atoms with van der Waals surface area (Å²) < 4.78 is 0. The zero-order valence-corrected chi connectivity index (χ0v) is 18.0. The Hall–Kier alpha value is -3.47. The Bertz CT molecular complexity index is 1370. The molecule has 4 aromatic carbocycles. The van der Waals surface area contributed by atoms with Crippen LogP contribution in [-0.4, -0.2) is 10.9 Å². The Labute approximate surface area is 189 Å². The maximum absolute atomic E-state index is 12.8. The van der Waals surface area contributed by atoms with Crippen molar-refractivity contribution in [3.63, 3.8) is 0 Å². The SMILES string of the molecule is O=C(Nc1ccc(-c2csc(-c3ccc(Cl)cc3)n2)cc1)c1cccc2ccccc12. The molecule has 150 valence electrons. The number of hydrogen-bond acceptors (Lipinski definition) is 3. The number of anilines is 1. The second kappa shape index (κ2) is 8.34. The Kier molecular flexibility index (Phi) is 5.24. The van der Waals surface area contributed by atoms with Gasteiger partial charge in [-0.25, -0.2) is 4.98 Å². The van der Waals surface area contributed by atoms with Crippen molar-refractivity contribution in [2.24, 2.45) is 0 Å². The molecule has 0 saturated heterocycles. The lowest BCUT2D eigenvalue weighted by atomic mass is 10.0. The van der Waals surface area contributed by atoms with E-state index in [1.54, 1.807) is 11.3 Å². The monoisotopic (exact) mass is 440 g/mol. The predicted molar refractivity (Wildman–Crippen MR) is 130 cm³/mol. The van der Waals surface area contributed by atoms with Crippen LogP contribution in [0, 0.1) is 0 Å². The third kappa shape index (κ3) is 4.08. The summed E-state index contributed by atoms with van der Waals surface area (Å²) in [6, 6.07) is 29.1. The first-order valence-electron chi connectivity index (χ1n) is 9.78. The molecule has 0 saturated carbocycles. The third-order valence-corrected chi connectivity index (χ3v) is 6.21. The van der Waals surface area contributed by atoms with E-state index in [4.69, 9.17) is 16.6 Å². The number of fused-ring (bicyclic) bond motifs is 1. The number of aromatic nitrogens is 1. The Morgan fingerprint density at radius 3 is 2.32 bits per heavy atom. The van der Waals surface area contributed by atoms with Gasteiger partial charge in [0, 0.05) is 32.8 Å². The number of rotatable bonds is 4. The minimum atomic E-state index is -0.122. The number of benzene rings is 4. The summed E-state index contributed by atoms with van der Waals surface area (Å²) in [5, 5.41) is 8.67. The molecule has 0 bridgehead atoms. The van der Waals surface area contributed by atoms with Crippen LogP contribution in [-0.2, 0) is 0 Å². The highest BCUT2D eigenvalue weighted by molar-refractivity contribution is 7.13. The lowest BCUT2D eigenvalue weighted by Crippen LogP contribution is -2.12. The van der Waals surface area contributed by atoms with Gasteiger partial charge >= 0.3 is 0 Å². The first-order valence-corrected chi connectivity index (χ1v) is 11.0. The molecule has 5 rings (SSSR count). The molecule has 1 N–H and O–H groups in total. The van der Waals surface area contributed by atoms with Gasteiger partial charge in [0.05, 0.1) is 5.69 Å². The summed E-state index contributed by atoms with van der Waals surface area (Å²) in [6.07, 6.45) is 0. The van der Waals surface area contributed by atoms with Crippen LogP contribution < -0.4 is 5.32 Å². The second-order valence-corrected chi connectivity index (χ2v) is 8.40.